The molecule has 1 aliphatic carbocycles. The Bertz CT molecular complexity index is 1570. The largest absolute Gasteiger partial charge is 0.465 e. The van der Waals surface area contributed by atoms with Gasteiger partial charge in [-0.1, -0.05) is 60.2 Å². The molecule has 6 nitrogen and oxygen atoms in total. The van der Waals surface area contributed by atoms with Crippen LogP contribution in [0.2, 0.25) is 0 Å². The SMILES string of the molecule is COC(=O)c1c(NC(=O)CCSc2nc(-c3ccc(C)cc3)ccc2C#N)sc2c1CCC(c1ccccc1)C2. The van der Waals surface area contributed by atoms with Gasteiger partial charge in [-0.25, -0.2) is 9.78 Å². The number of ether oxygens (including phenoxy) is 1. The van der Waals surface area contributed by atoms with Gasteiger partial charge in [0.25, 0.3) is 0 Å². The van der Waals surface area contributed by atoms with Gasteiger partial charge >= 0.3 is 5.97 Å². The number of thiophene rings is 1. The second-order valence-corrected chi connectivity index (χ2v) is 11.9. The maximum Gasteiger partial charge on any atom is 0.341 e. The molecule has 8 heteroatoms. The normalized spacial score (nSPS) is 14.2. The van der Waals surface area contributed by atoms with Crippen LogP contribution in [-0.4, -0.2) is 29.7 Å². The van der Waals surface area contributed by atoms with Gasteiger partial charge in [0.15, 0.2) is 0 Å². The van der Waals surface area contributed by atoms with Gasteiger partial charge in [-0.3, -0.25) is 4.79 Å². The second kappa shape index (κ2) is 12.5. The number of amides is 1. The lowest BCUT2D eigenvalue weighted by atomic mass is 9.83. The highest BCUT2D eigenvalue weighted by Gasteiger charge is 2.30. The number of hydrogen-bond acceptors (Lipinski definition) is 7. The van der Waals surface area contributed by atoms with Crippen LogP contribution >= 0.6 is 23.1 Å². The molecule has 2 aromatic carbocycles. The zero-order valence-corrected chi connectivity index (χ0v) is 24.0. The molecule has 1 atom stereocenters. The van der Waals surface area contributed by atoms with E-state index in [1.54, 1.807) is 6.07 Å². The van der Waals surface area contributed by atoms with Crippen molar-refractivity contribution in [2.75, 3.05) is 18.2 Å². The molecule has 1 amide bonds. The van der Waals surface area contributed by atoms with E-state index in [1.807, 2.05) is 43.3 Å². The topological polar surface area (TPSA) is 92.1 Å². The van der Waals surface area contributed by atoms with Crippen LogP contribution in [0.5, 0.6) is 0 Å². The number of aromatic nitrogens is 1. The number of carbonyl (C=O) groups excluding carboxylic acids is 2. The van der Waals surface area contributed by atoms with Crippen LogP contribution in [0.25, 0.3) is 11.3 Å². The van der Waals surface area contributed by atoms with E-state index >= 15 is 0 Å². The first-order valence-corrected chi connectivity index (χ1v) is 15.0. The van der Waals surface area contributed by atoms with Crippen molar-refractivity contribution in [1.29, 1.82) is 5.26 Å². The van der Waals surface area contributed by atoms with Gasteiger partial charge in [0.1, 0.15) is 16.1 Å². The fraction of sp³-hybridized carbons (Fsp3) is 0.250. The van der Waals surface area contributed by atoms with Crippen molar-refractivity contribution in [3.05, 3.63) is 99.4 Å². The van der Waals surface area contributed by atoms with Crippen LogP contribution in [0.4, 0.5) is 5.00 Å². The fourth-order valence-corrected chi connectivity index (χ4v) is 7.20. The highest BCUT2D eigenvalue weighted by atomic mass is 32.2. The summed E-state index contributed by atoms with van der Waals surface area (Å²) in [5.41, 5.74) is 6.16. The number of nitriles is 1. The van der Waals surface area contributed by atoms with Gasteiger partial charge < -0.3 is 10.1 Å². The van der Waals surface area contributed by atoms with E-state index in [-0.39, 0.29) is 12.3 Å². The summed E-state index contributed by atoms with van der Waals surface area (Å²) in [4.78, 5) is 31.5. The Morgan fingerprint density at radius 3 is 2.62 bits per heavy atom. The predicted molar refractivity (Wildman–Crippen MR) is 160 cm³/mol. The molecule has 0 radical (unpaired) electrons. The van der Waals surface area contributed by atoms with Crippen LogP contribution < -0.4 is 5.32 Å². The molecule has 5 rings (SSSR count). The molecule has 0 bridgehead atoms. The minimum Gasteiger partial charge on any atom is -0.465 e. The number of thioether (sulfide) groups is 1. The highest BCUT2D eigenvalue weighted by molar-refractivity contribution is 7.99. The minimum atomic E-state index is -0.420. The second-order valence-electron chi connectivity index (χ2n) is 9.72. The Kier molecular flexibility index (Phi) is 8.63. The quantitative estimate of drug-likeness (QED) is 0.179. The van der Waals surface area contributed by atoms with Gasteiger partial charge in [0.05, 0.1) is 23.9 Å². The van der Waals surface area contributed by atoms with Crippen molar-refractivity contribution < 1.29 is 14.3 Å². The molecule has 40 heavy (non-hydrogen) atoms. The molecule has 2 heterocycles. The number of benzene rings is 2. The number of nitrogens with one attached hydrogen (secondary N) is 1. The zero-order valence-electron chi connectivity index (χ0n) is 22.4. The maximum absolute atomic E-state index is 13.0. The van der Waals surface area contributed by atoms with Crippen molar-refractivity contribution in [3.8, 4) is 17.3 Å². The number of carbonyl (C=O) groups is 2. The molecular formula is C32H29N3O3S2. The highest BCUT2D eigenvalue weighted by Crippen LogP contribution is 2.43. The van der Waals surface area contributed by atoms with Gasteiger partial charge in [-0.15, -0.1) is 23.1 Å². The lowest BCUT2D eigenvalue weighted by molar-refractivity contribution is -0.115. The number of anilines is 1. The van der Waals surface area contributed by atoms with Gasteiger partial charge in [0, 0.05) is 22.6 Å². The van der Waals surface area contributed by atoms with E-state index in [4.69, 9.17) is 9.72 Å². The van der Waals surface area contributed by atoms with Crippen LogP contribution in [-0.2, 0) is 22.4 Å². The molecule has 1 unspecified atom stereocenters. The molecule has 0 spiro atoms. The van der Waals surface area contributed by atoms with Crippen molar-refractivity contribution in [3.63, 3.8) is 0 Å². The van der Waals surface area contributed by atoms with E-state index in [0.717, 1.165) is 46.5 Å². The number of aryl methyl sites for hydroxylation is 1. The zero-order chi connectivity index (χ0) is 28.1. The van der Waals surface area contributed by atoms with E-state index < -0.39 is 5.97 Å². The first-order valence-electron chi connectivity index (χ1n) is 13.2. The average Bonchev–Trinajstić information content (AvgIpc) is 3.34. The minimum absolute atomic E-state index is 0.191. The molecule has 2 aromatic heterocycles. The Balaban J connectivity index is 1.27. The van der Waals surface area contributed by atoms with Gasteiger partial charge in [-0.2, -0.15) is 5.26 Å². The number of methoxy groups -OCH3 is 1. The molecule has 1 aliphatic rings. The van der Waals surface area contributed by atoms with Gasteiger partial charge in [0.2, 0.25) is 5.91 Å². The molecule has 0 saturated carbocycles. The number of pyridine rings is 1. The molecule has 0 saturated heterocycles. The van der Waals surface area contributed by atoms with E-state index in [1.165, 1.54) is 35.8 Å². The number of nitrogens with zero attached hydrogens (tertiary/aromatic N) is 2. The smallest absolute Gasteiger partial charge is 0.341 e. The lowest BCUT2D eigenvalue weighted by Crippen LogP contribution is -2.16. The molecule has 1 N–H and O–H groups in total. The molecule has 0 fully saturated rings. The number of fused-ring (bicyclic) bond motifs is 1. The fourth-order valence-electron chi connectivity index (χ4n) is 4.95. The van der Waals surface area contributed by atoms with Crippen LogP contribution in [0.15, 0.2) is 71.8 Å². The summed E-state index contributed by atoms with van der Waals surface area (Å²) in [5, 5.41) is 13.7. The average molecular weight is 568 g/mol. The third-order valence-corrected chi connectivity index (χ3v) is 9.24. The van der Waals surface area contributed by atoms with Crippen molar-refractivity contribution in [1.82, 2.24) is 4.98 Å². The summed E-state index contributed by atoms with van der Waals surface area (Å²) < 4.78 is 5.09. The van der Waals surface area contributed by atoms with Crippen LogP contribution in [0.3, 0.4) is 0 Å². The Morgan fingerprint density at radius 2 is 1.90 bits per heavy atom. The van der Waals surface area contributed by atoms with E-state index in [9.17, 15) is 14.9 Å². The first-order chi connectivity index (χ1) is 19.5. The Morgan fingerprint density at radius 1 is 1.12 bits per heavy atom. The molecule has 202 valence electrons. The van der Waals surface area contributed by atoms with Crippen LogP contribution in [0.1, 0.15) is 56.2 Å². The van der Waals surface area contributed by atoms with E-state index in [2.05, 4.69) is 35.7 Å². The summed E-state index contributed by atoms with van der Waals surface area (Å²) in [7, 11) is 1.37. The predicted octanol–water partition coefficient (Wildman–Crippen LogP) is 7.17. The number of rotatable bonds is 8. The molecular weight excluding hydrogens is 539 g/mol. The van der Waals surface area contributed by atoms with Crippen molar-refractivity contribution in [2.45, 2.75) is 43.6 Å². The van der Waals surface area contributed by atoms with E-state index in [0.29, 0.717) is 32.8 Å². The number of hydrogen-bond donors (Lipinski definition) is 1. The summed E-state index contributed by atoms with van der Waals surface area (Å²) >= 11 is 2.85. The van der Waals surface area contributed by atoms with Crippen LogP contribution in [0, 0.1) is 18.3 Å². The summed E-state index contributed by atoms with van der Waals surface area (Å²) in [6.07, 6.45) is 2.75. The standard InChI is InChI=1S/C32H29N3O3S2/c1-20-8-10-22(11-9-20)26-15-13-24(19-33)30(34-26)39-17-16-28(36)35-31-29(32(37)38-2)25-14-12-23(18-27(25)40-31)21-6-4-3-5-7-21/h3-11,13,15,23H,12,14,16-18H2,1-2H3,(H,35,36). The molecule has 4 aromatic rings. The lowest BCUT2D eigenvalue weighted by Gasteiger charge is -2.22. The van der Waals surface area contributed by atoms with Crippen molar-refractivity contribution in [2.24, 2.45) is 0 Å². The summed E-state index contributed by atoms with van der Waals surface area (Å²) in [5.74, 6) is 0.218. The Labute approximate surface area is 242 Å². The Hall–Kier alpha value is -3.93. The third-order valence-electron chi connectivity index (χ3n) is 7.07. The first kappa shape index (κ1) is 27.6. The van der Waals surface area contributed by atoms with Crippen molar-refractivity contribution >= 4 is 40.0 Å². The third kappa shape index (κ3) is 6.11. The monoisotopic (exact) mass is 567 g/mol. The summed E-state index contributed by atoms with van der Waals surface area (Å²) in [6, 6.07) is 24.3. The number of esters is 1. The maximum atomic E-state index is 13.0. The van der Waals surface area contributed by atoms with Gasteiger partial charge in [-0.05, 0) is 55.4 Å². The summed E-state index contributed by atoms with van der Waals surface area (Å²) in [6.45, 7) is 2.03. The molecule has 0 aliphatic heterocycles.